The molecule has 9 nitrogen and oxygen atoms in total. The molecule has 2 rings (SSSR count). The van der Waals surface area contributed by atoms with Crippen LogP contribution in [-0.2, 0) is 14.8 Å². The second-order valence-corrected chi connectivity index (χ2v) is 7.54. The van der Waals surface area contributed by atoms with Gasteiger partial charge in [0.1, 0.15) is 11.4 Å². The molecule has 1 aromatic carbocycles. The summed E-state index contributed by atoms with van der Waals surface area (Å²) in [4.78, 5) is 28.4. The number of carbonyl (C=O) groups excluding carboxylic acids is 2. The summed E-state index contributed by atoms with van der Waals surface area (Å²) in [5.74, 6) is -0.757. The smallest absolute Gasteiger partial charge is 0.339 e. The number of methoxy groups -OCH3 is 1. The molecule has 1 heterocycles. The van der Waals surface area contributed by atoms with Crippen molar-refractivity contribution in [2.45, 2.75) is 13.8 Å². The van der Waals surface area contributed by atoms with Gasteiger partial charge >= 0.3 is 5.97 Å². The zero-order valence-electron chi connectivity index (χ0n) is 15.9. The van der Waals surface area contributed by atoms with Crippen molar-refractivity contribution in [2.24, 2.45) is 0 Å². The van der Waals surface area contributed by atoms with Crippen molar-refractivity contribution in [3.8, 4) is 5.75 Å². The quantitative estimate of drug-likeness (QED) is 0.674. The predicted molar refractivity (Wildman–Crippen MR) is 104 cm³/mol. The number of aryl methyl sites for hydroxylation is 1. The third kappa shape index (κ3) is 5.43. The highest BCUT2D eigenvalue weighted by Crippen LogP contribution is 2.28. The molecule has 150 valence electrons. The molecule has 0 aliphatic carbocycles. The third-order valence-electron chi connectivity index (χ3n) is 3.57. The molecule has 2 N–H and O–H groups in total. The molecule has 0 saturated heterocycles. The molecule has 28 heavy (non-hydrogen) atoms. The summed E-state index contributed by atoms with van der Waals surface area (Å²) < 4.78 is 35.2. The molecule has 2 aromatic rings. The highest BCUT2D eigenvalue weighted by Gasteiger charge is 2.16. The molecule has 0 radical (unpaired) electrons. The topological polar surface area (TPSA) is 124 Å². The van der Waals surface area contributed by atoms with Crippen LogP contribution in [0.25, 0.3) is 0 Å². The number of rotatable bonds is 7. The number of amides is 1. The van der Waals surface area contributed by atoms with E-state index in [0.717, 1.165) is 6.26 Å². The summed E-state index contributed by atoms with van der Waals surface area (Å²) in [5.41, 5.74) is 1.40. The van der Waals surface area contributed by atoms with Crippen LogP contribution in [0.15, 0.2) is 30.3 Å². The van der Waals surface area contributed by atoms with Crippen LogP contribution >= 0.6 is 0 Å². The molecule has 0 fully saturated rings. The second kappa shape index (κ2) is 8.70. The fraction of sp³-hybridized carbons (Fsp3) is 0.278. The Hall–Kier alpha value is -3.14. The van der Waals surface area contributed by atoms with Crippen LogP contribution in [0.3, 0.4) is 0 Å². The van der Waals surface area contributed by atoms with Crippen LogP contribution in [0.5, 0.6) is 5.75 Å². The van der Waals surface area contributed by atoms with Gasteiger partial charge in [0.05, 0.1) is 36.9 Å². The van der Waals surface area contributed by atoms with Gasteiger partial charge in [0, 0.05) is 11.8 Å². The lowest BCUT2D eigenvalue weighted by Crippen LogP contribution is -2.16. The van der Waals surface area contributed by atoms with E-state index in [1.165, 1.54) is 37.4 Å². The number of sulfonamides is 1. The molecule has 10 heteroatoms. The van der Waals surface area contributed by atoms with Gasteiger partial charge in [-0.25, -0.2) is 18.2 Å². The Bertz CT molecular complexity index is 1000. The van der Waals surface area contributed by atoms with E-state index in [4.69, 9.17) is 9.47 Å². The van der Waals surface area contributed by atoms with E-state index >= 15 is 0 Å². The average molecular weight is 407 g/mol. The Labute approximate surface area is 163 Å². The minimum Gasteiger partial charge on any atom is -0.494 e. The predicted octanol–water partition coefficient (Wildman–Crippen LogP) is 2.20. The van der Waals surface area contributed by atoms with E-state index in [1.807, 2.05) is 0 Å². The highest BCUT2D eigenvalue weighted by molar-refractivity contribution is 7.92. The Balaban J connectivity index is 2.20. The second-order valence-electron chi connectivity index (χ2n) is 5.79. The SMILES string of the molecule is CCOC(=O)c1ccc(C(=O)Nc2ccc(NS(C)(=O)=O)c(OC)c2)nc1C. The van der Waals surface area contributed by atoms with E-state index in [0.29, 0.717) is 11.4 Å². The van der Waals surface area contributed by atoms with E-state index in [-0.39, 0.29) is 29.3 Å². The van der Waals surface area contributed by atoms with Crippen molar-refractivity contribution in [2.75, 3.05) is 30.0 Å². The molecule has 0 spiro atoms. The summed E-state index contributed by atoms with van der Waals surface area (Å²) in [7, 11) is -2.09. The summed E-state index contributed by atoms with van der Waals surface area (Å²) >= 11 is 0. The fourth-order valence-electron chi connectivity index (χ4n) is 2.36. The number of aromatic nitrogens is 1. The third-order valence-corrected chi connectivity index (χ3v) is 4.16. The number of nitrogens with zero attached hydrogens (tertiary/aromatic N) is 1. The standard InChI is InChI=1S/C18H21N3O6S/c1-5-27-18(23)13-7-9-15(19-11(13)2)17(22)20-12-6-8-14(16(10-12)26-3)21-28(4,24)25/h6-10,21H,5H2,1-4H3,(H,20,22). The largest absolute Gasteiger partial charge is 0.494 e. The van der Waals surface area contributed by atoms with Gasteiger partial charge in [-0.15, -0.1) is 0 Å². The molecule has 0 atom stereocenters. The summed E-state index contributed by atoms with van der Waals surface area (Å²) in [6.07, 6.45) is 1.02. The number of esters is 1. The maximum absolute atomic E-state index is 12.4. The number of anilines is 2. The lowest BCUT2D eigenvalue weighted by atomic mass is 10.2. The van der Waals surface area contributed by atoms with Gasteiger partial charge < -0.3 is 14.8 Å². The number of benzene rings is 1. The normalized spacial score (nSPS) is 10.9. The summed E-state index contributed by atoms with van der Waals surface area (Å²) in [6, 6.07) is 7.37. The molecule has 0 bridgehead atoms. The Morgan fingerprint density at radius 2 is 1.89 bits per heavy atom. The first-order valence-corrected chi connectivity index (χ1v) is 10.2. The molecule has 0 aliphatic heterocycles. The Kier molecular flexibility index (Phi) is 6.57. The zero-order valence-corrected chi connectivity index (χ0v) is 16.7. The van der Waals surface area contributed by atoms with E-state index in [2.05, 4.69) is 15.0 Å². The number of hydrogen-bond acceptors (Lipinski definition) is 7. The zero-order chi connectivity index (χ0) is 20.9. The van der Waals surface area contributed by atoms with Gasteiger partial charge in [-0.3, -0.25) is 9.52 Å². The van der Waals surface area contributed by atoms with Gasteiger partial charge in [0.25, 0.3) is 5.91 Å². The number of hydrogen-bond donors (Lipinski definition) is 2. The van der Waals surface area contributed by atoms with Crippen LogP contribution < -0.4 is 14.8 Å². The maximum atomic E-state index is 12.4. The first-order chi connectivity index (χ1) is 13.1. The van der Waals surface area contributed by atoms with Crippen molar-refractivity contribution >= 4 is 33.3 Å². The van der Waals surface area contributed by atoms with E-state index in [1.54, 1.807) is 13.8 Å². The monoisotopic (exact) mass is 407 g/mol. The Morgan fingerprint density at radius 3 is 2.46 bits per heavy atom. The van der Waals surface area contributed by atoms with Crippen molar-refractivity contribution in [3.63, 3.8) is 0 Å². The summed E-state index contributed by atoms with van der Waals surface area (Å²) in [5, 5.41) is 2.65. The molecular formula is C18H21N3O6S. The number of ether oxygens (including phenoxy) is 2. The molecule has 0 saturated carbocycles. The molecule has 0 unspecified atom stereocenters. The highest BCUT2D eigenvalue weighted by atomic mass is 32.2. The van der Waals surface area contributed by atoms with Crippen LogP contribution in [0.1, 0.15) is 33.5 Å². The lowest BCUT2D eigenvalue weighted by molar-refractivity contribution is 0.0524. The van der Waals surface area contributed by atoms with Crippen LogP contribution in [0.2, 0.25) is 0 Å². The molecule has 1 amide bonds. The van der Waals surface area contributed by atoms with Crippen molar-refractivity contribution in [1.82, 2.24) is 4.98 Å². The van der Waals surface area contributed by atoms with E-state index in [9.17, 15) is 18.0 Å². The molecule has 0 aliphatic rings. The van der Waals surface area contributed by atoms with Gasteiger partial charge in [0.15, 0.2) is 0 Å². The lowest BCUT2D eigenvalue weighted by Gasteiger charge is -2.12. The van der Waals surface area contributed by atoms with Crippen molar-refractivity contribution in [3.05, 3.63) is 47.3 Å². The number of carbonyl (C=O) groups is 2. The van der Waals surface area contributed by atoms with Crippen molar-refractivity contribution in [1.29, 1.82) is 0 Å². The first-order valence-electron chi connectivity index (χ1n) is 8.26. The van der Waals surface area contributed by atoms with Gasteiger partial charge in [-0.2, -0.15) is 0 Å². The first kappa shape index (κ1) is 21.2. The van der Waals surface area contributed by atoms with E-state index < -0.39 is 21.9 Å². The van der Waals surface area contributed by atoms with Crippen molar-refractivity contribution < 1.29 is 27.5 Å². The van der Waals surface area contributed by atoms with Crippen LogP contribution in [0, 0.1) is 6.92 Å². The molecular weight excluding hydrogens is 386 g/mol. The van der Waals surface area contributed by atoms with Crippen LogP contribution in [-0.4, -0.2) is 45.3 Å². The number of nitrogens with one attached hydrogen (secondary N) is 2. The fourth-order valence-corrected chi connectivity index (χ4v) is 2.93. The maximum Gasteiger partial charge on any atom is 0.339 e. The van der Waals surface area contributed by atoms with Gasteiger partial charge in [-0.05, 0) is 38.1 Å². The van der Waals surface area contributed by atoms with Crippen LogP contribution in [0.4, 0.5) is 11.4 Å². The van der Waals surface area contributed by atoms with Gasteiger partial charge in [-0.1, -0.05) is 0 Å². The number of pyridine rings is 1. The average Bonchev–Trinajstić information content (AvgIpc) is 2.61. The Morgan fingerprint density at radius 1 is 1.18 bits per heavy atom. The summed E-state index contributed by atoms with van der Waals surface area (Å²) in [6.45, 7) is 3.55. The van der Waals surface area contributed by atoms with Gasteiger partial charge in [0.2, 0.25) is 10.0 Å². The minimum absolute atomic E-state index is 0.114. The minimum atomic E-state index is -3.47. The molecule has 1 aromatic heterocycles.